The summed E-state index contributed by atoms with van der Waals surface area (Å²) in [5.41, 5.74) is 6.68. The van der Waals surface area contributed by atoms with E-state index in [4.69, 9.17) is 10.5 Å². The van der Waals surface area contributed by atoms with Crippen LogP contribution >= 0.6 is 0 Å². The highest BCUT2D eigenvalue weighted by atomic mass is 16.5. The van der Waals surface area contributed by atoms with Gasteiger partial charge >= 0.3 is 0 Å². The van der Waals surface area contributed by atoms with E-state index in [9.17, 15) is 0 Å². The summed E-state index contributed by atoms with van der Waals surface area (Å²) in [6.07, 6.45) is 5.48. The number of pyridine rings is 1. The fourth-order valence-electron chi connectivity index (χ4n) is 1.27. The van der Waals surface area contributed by atoms with Gasteiger partial charge in [-0.15, -0.1) is 0 Å². The second-order valence-electron chi connectivity index (χ2n) is 3.97. The zero-order valence-corrected chi connectivity index (χ0v) is 9.57. The molecule has 0 aliphatic heterocycles. The molecule has 3 heteroatoms. The van der Waals surface area contributed by atoms with Gasteiger partial charge in [0.25, 0.3) is 0 Å². The maximum Gasteiger partial charge on any atom is 0.0773 e. The molecule has 0 spiro atoms. The number of nitrogens with zero attached hydrogens (tertiary/aromatic N) is 1. The van der Waals surface area contributed by atoms with Gasteiger partial charge in [-0.2, -0.15) is 0 Å². The normalized spacial score (nSPS) is 14.9. The average Bonchev–Trinajstić information content (AvgIpc) is 2.30. The van der Waals surface area contributed by atoms with E-state index in [1.165, 1.54) is 5.56 Å². The monoisotopic (exact) mass is 208 g/mol. The number of aromatic nitrogens is 1. The highest BCUT2D eigenvalue weighted by Gasteiger charge is 2.19. The van der Waals surface area contributed by atoms with Crippen molar-refractivity contribution in [1.82, 2.24) is 4.98 Å². The summed E-state index contributed by atoms with van der Waals surface area (Å²) in [5, 5.41) is 0. The van der Waals surface area contributed by atoms with Crippen LogP contribution in [0.2, 0.25) is 0 Å². The molecule has 0 amide bonds. The summed E-state index contributed by atoms with van der Waals surface area (Å²) in [6, 6.07) is 4.00. The Hall–Kier alpha value is -0.930. The average molecular weight is 208 g/mol. The summed E-state index contributed by atoms with van der Waals surface area (Å²) in [5.74, 6) is 0. The summed E-state index contributed by atoms with van der Waals surface area (Å²) in [7, 11) is 0. The molecule has 1 unspecified atom stereocenters. The van der Waals surface area contributed by atoms with E-state index in [0.717, 1.165) is 12.8 Å². The van der Waals surface area contributed by atoms with Crippen LogP contribution in [-0.4, -0.2) is 23.7 Å². The Balaban J connectivity index is 2.33. The molecule has 0 radical (unpaired) electrons. The van der Waals surface area contributed by atoms with Crippen molar-refractivity contribution >= 4 is 0 Å². The van der Waals surface area contributed by atoms with E-state index < -0.39 is 0 Å². The third-order valence-electron chi connectivity index (χ3n) is 2.74. The van der Waals surface area contributed by atoms with Crippen LogP contribution in [0.5, 0.6) is 0 Å². The fourth-order valence-corrected chi connectivity index (χ4v) is 1.27. The predicted molar refractivity (Wildman–Crippen MR) is 61.6 cm³/mol. The molecule has 3 nitrogen and oxygen atoms in total. The van der Waals surface area contributed by atoms with E-state index in [1.807, 2.05) is 12.3 Å². The SMILES string of the molecule is CCC(C)(CN)OCCc1cccnc1. The van der Waals surface area contributed by atoms with Crippen molar-refractivity contribution in [3.05, 3.63) is 30.1 Å². The molecule has 1 heterocycles. The molecule has 15 heavy (non-hydrogen) atoms. The number of rotatable bonds is 6. The van der Waals surface area contributed by atoms with Gasteiger partial charge in [0.1, 0.15) is 0 Å². The van der Waals surface area contributed by atoms with Gasteiger partial charge in [0.05, 0.1) is 12.2 Å². The first-order valence-electron chi connectivity index (χ1n) is 5.43. The molecule has 1 rings (SSSR count). The molecule has 0 aliphatic rings. The van der Waals surface area contributed by atoms with Crippen molar-refractivity contribution in [2.45, 2.75) is 32.3 Å². The lowest BCUT2D eigenvalue weighted by Gasteiger charge is -2.26. The lowest BCUT2D eigenvalue weighted by atomic mass is 10.0. The first kappa shape index (κ1) is 12.1. The number of nitrogens with two attached hydrogens (primary N) is 1. The summed E-state index contributed by atoms with van der Waals surface area (Å²) in [6.45, 7) is 5.41. The minimum atomic E-state index is -0.178. The van der Waals surface area contributed by atoms with Gasteiger partial charge in [0.15, 0.2) is 0 Å². The van der Waals surface area contributed by atoms with Crippen LogP contribution in [-0.2, 0) is 11.2 Å². The van der Waals surface area contributed by atoms with Crippen LogP contribution in [0.3, 0.4) is 0 Å². The van der Waals surface area contributed by atoms with E-state index in [-0.39, 0.29) is 5.60 Å². The summed E-state index contributed by atoms with van der Waals surface area (Å²) < 4.78 is 5.78. The maximum atomic E-state index is 5.78. The molecule has 2 N–H and O–H groups in total. The second-order valence-corrected chi connectivity index (χ2v) is 3.97. The van der Waals surface area contributed by atoms with Crippen LogP contribution in [0.4, 0.5) is 0 Å². The Morgan fingerprint density at radius 3 is 2.87 bits per heavy atom. The molecule has 84 valence electrons. The molecule has 0 saturated carbocycles. The lowest BCUT2D eigenvalue weighted by molar-refractivity contribution is -0.0257. The van der Waals surface area contributed by atoms with Crippen molar-refractivity contribution in [2.24, 2.45) is 5.73 Å². The van der Waals surface area contributed by atoms with Gasteiger partial charge < -0.3 is 10.5 Å². The molecule has 0 bridgehead atoms. The van der Waals surface area contributed by atoms with Gasteiger partial charge in [-0.05, 0) is 31.4 Å². The Bertz CT molecular complexity index is 270. The van der Waals surface area contributed by atoms with Gasteiger partial charge in [-0.3, -0.25) is 4.98 Å². The Labute approximate surface area is 91.7 Å². The zero-order valence-electron chi connectivity index (χ0n) is 9.57. The maximum absolute atomic E-state index is 5.78. The van der Waals surface area contributed by atoms with E-state index in [0.29, 0.717) is 13.2 Å². The number of ether oxygens (including phenoxy) is 1. The summed E-state index contributed by atoms with van der Waals surface area (Å²) >= 11 is 0. The van der Waals surface area contributed by atoms with Crippen molar-refractivity contribution in [1.29, 1.82) is 0 Å². The largest absolute Gasteiger partial charge is 0.374 e. The zero-order chi connectivity index (χ0) is 11.1. The van der Waals surface area contributed by atoms with Gasteiger partial charge in [-0.1, -0.05) is 13.0 Å². The Kier molecular flexibility index (Phi) is 4.72. The first-order chi connectivity index (χ1) is 7.20. The molecule has 0 aromatic carbocycles. The highest BCUT2D eigenvalue weighted by Crippen LogP contribution is 2.13. The summed E-state index contributed by atoms with van der Waals surface area (Å²) in [4.78, 5) is 4.06. The molecule has 1 atom stereocenters. The van der Waals surface area contributed by atoms with Crippen LogP contribution in [0.1, 0.15) is 25.8 Å². The second kappa shape index (κ2) is 5.83. The molecule has 0 saturated heterocycles. The molecule has 1 aromatic rings. The van der Waals surface area contributed by atoms with E-state index in [2.05, 4.69) is 24.9 Å². The van der Waals surface area contributed by atoms with Gasteiger partial charge in [-0.25, -0.2) is 0 Å². The van der Waals surface area contributed by atoms with Gasteiger partial charge in [0.2, 0.25) is 0 Å². The molecule has 1 aromatic heterocycles. The highest BCUT2D eigenvalue weighted by molar-refractivity contribution is 5.08. The predicted octanol–water partition coefficient (Wildman–Crippen LogP) is 1.77. The topological polar surface area (TPSA) is 48.1 Å². The third kappa shape index (κ3) is 3.98. The Morgan fingerprint density at radius 1 is 1.53 bits per heavy atom. The molecular formula is C12H20N2O. The molecule has 0 fully saturated rings. The standard InChI is InChI=1S/C12H20N2O/c1-3-12(2,10-13)15-8-6-11-5-4-7-14-9-11/h4-5,7,9H,3,6,8,10,13H2,1-2H3. The third-order valence-corrected chi connectivity index (χ3v) is 2.74. The van der Waals surface area contributed by atoms with Crippen LogP contribution in [0.25, 0.3) is 0 Å². The van der Waals surface area contributed by atoms with Crippen LogP contribution in [0, 0.1) is 0 Å². The number of hydrogen-bond donors (Lipinski definition) is 1. The fraction of sp³-hybridized carbons (Fsp3) is 0.583. The smallest absolute Gasteiger partial charge is 0.0773 e. The molecular weight excluding hydrogens is 188 g/mol. The lowest BCUT2D eigenvalue weighted by Crippen LogP contribution is -2.37. The molecule has 0 aliphatic carbocycles. The van der Waals surface area contributed by atoms with Crippen molar-refractivity contribution in [2.75, 3.05) is 13.2 Å². The van der Waals surface area contributed by atoms with Crippen molar-refractivity contribution < 1.29 is 4.74 Å². The van der Waals surface area contributed by atoms with Crippen molar-refractivity contribution in [3.8, 4) is 0 Å². The van der Waals surface area contributed by atoms with E-state index >= 15 is 0 Å². The van der Waals surface area contributed by atoms with E-state index in [1.54, 1.807) is 6.20 Å². The van der Waals surface area contributed by atoms with Crippen molar-refractivity contribution in [3.63, 3.8) is 0 Å². The van der Waals surface area contributed by atoms with Gasteiger partial charge in [0, 0.05) is 18.9 Å². The number of hydrogen-bond acceptors (Lipinski definition) is 3. The van der Waals surface area contributed by atoms with Crippen LogP contribution < -0.4 is 5.73 Å². The minimum Gasteiger partial charge on any atom is -0.374 e. The quantitative estimate of drug-likeness (QED) is 0.775. The Morgan fingerprint density at radius 2 is 2.33 bits per heavy atom. The minimum absolute atomic E-state index is 0.178. The first-order valence-corrected chi connectivity index (χ1v) is 5.43. The van der Waals surface area contributed by atoms with Crippen LogP contribution in [0.15, 0.2) is 24.5 Å².